The lowest BCUT2D eigenvalue weighted by Crippen LogP contribution is -2.31. The van der Waals surface area contributed by atoms with Gasteiger partial charge in [-0.05, 0) is 7.05 Å². The summed E-state index contributed by atoms with van der Waals surface area (Å²) in [5.74, 6) is 0. The fourth-order valence-electron chi connectivity index (χ4n) is 0.642. The molecule has 4 heteroatoms. The lowest BCUT2D eigenvalue weighted by molar-refractivity contribution is -0.105. The van der Waals surface area contributed by atoms with Crippen LogP contribution in [0.2, 0.25) is 0 Å². The van der Waals surface area contributed by atoms with Crippen molar-refractivity contribution in [3.8, 4) is 0 Å². The number of hydrogen-bond donors (Lipinski definition) is 2. The van der Waals surface area contributed by atoms with Gasteiger partial charge >= 0.3 is 0 Å². The molecule has 0 amide bonds. The predicted octanol–water partition coefficient (Wildman–Crippen LogP) is -1.03. The van der Waals surface area contributed by atoms with Crippen molar-refractivity contribution in [2.75, 3.05) is 33.5 Å². The Hall–Kier alpha value is -0.160. The molecule has 0 aromatic rings. The zero-order valence-corrected chi connectivity index (χ0v) is 6.25. The third-order valence-electron chi connectivity index (χ3n) is 1.09. The Morgan fingerprint density at radius 3 is 2.50 bits per heavy atom. The Labute approximate surface area is 60.9 Å². The SMILES string of the molecule is CN.OCC1COCCO1. The van der Waals surface area contributed by atoms with Gasteiger partial charge in [0.1, 0.15) is 6.10 Å². The van der Waals surface area contributed by atoms with Crippen molar-refractivity contribution < 1.29 is 14.6 Å². The van der Waals surface area contributed by atoms with Crippen LogP contribution in [0, 0.1) is 0 Å². The van der Waals surface area contributed by atoms with Crippen LogP contribution in [0.25, 0.3) is 0 Å². The van der Waals surface area contributed by atoms with E-state index >= 15 is 0 Å². The van der Waals surface area contributed by atoms with Gasteiger partial charge in [0.15, 0.2) is 0 Å². The van der Waals surface area contributed by atoms with Crippen molar-refractivity contribution in [3.05, 3.63) is 0 Å². The molecule has 0 bridgehead atoms. The average Bonchev–Trinajstić information content (AvgIpc) is 2.10. The molecule has 1 heterocycles. The molecule has 1 atom stereocenters. The number of aliphatic hydroxyl groups excluding tert-OH is 1. The smallest absolute Gasteiger partial charge is 0.104 e. The van der Waals surface area contributed by atoms with E-state index in [9.17, 15) is 0 Å². The van der Waals surface area contributed by atoms with Crippen LogP contribution in [0.15, 0.2) is 0 Å². The third kappa shape index (κ3) is 3.79. The van der Waals surface area contributed by atoms with Crippen molar-refractivity contribution in [2.24, 2.45) is 5.73 Å². The van der Waals surface area contributed by atoms with Crippen molar-refractivity contribution >= 4 is 0 Å². The molecule has 0 spiro atoms. The summed E-state index contributed by atoms with van der Waals surface area (Å²) >= 11 is 0. The van der Waals surface area contributed by atoms with Crippen LogP contribution in [-0.4, -0.2) is 44.7 Å². The van der Waals surface area contributed by atoms with E-state index < -0.39 is 0 Å². The van der Waals surface area contributed by atoms with E-state index in [2.05, 4.69) is 5.73 Å². The number of hydrogen-bond acceptors (Lipinski definition) is 4. The lowest BCUT2D eigenvalue weighted by atomic mass is 10.4. The Bertz CT molecular complexity index is 64.0. The van der Waals surface area contributed by atoms with Gasteiger partial charge in [0, 0.05) is 0 Å². The molecular formula is C6H15NO3. The Kier molecular flexibility index (Phi) is 6.84. The highest BCUT2D eigenvalue weighted by atomic mass is 16.6. The fourth-order valence-corrected chi connectivity index (χ4v) is 0.642. The molecule has 3 N–H and O–H groups in total. The molecule has 0 aromatic heterocycles. The van der Waals surface area contributed by atoms with Crippen LogP contribution in [0.5, 0.6) is 0 Å². The molecule has 1 aliphatic heterocycles. The first-order chi connectivity index (χ1) is 4.93. The van der Waals surface area contributed by atoms with Crippen molar-refractivity contribution in [3.63, 3.8) is 0 Å². The molecule has 0 saturated carbocycles. The van der Waals surface area contributed by atoms with Gasteiger partial charge in [0.05, 0.1) is 26.4 Å². The summed E-state index contributed by atoms with van der Waals surface area (Å²) in [5.41, 5.74) is 4.50. The van der Waals surface area contributed by atoms with E-state index in [0.29, 0.717) is 19.8 Å². The second-order valence-corrected chi connectivity index (χ2v) is 1.75. The molecule has 4 nitrogen and oxygen atoms in total. The van der Waals surface area contributed by atoms with Crippen molar-refractivity contribution in [1.82, 2.24) is 0 Å². The molecule has 10 heavy (non-hydrogen) atoms. The number of rotatable bonds is 1. The van der Waals surface area contributed by atoms with Crippen LogP contribution in [0.1, 0.15) is 0 Å². The molecule has 1 aliphatic rings. The summed E-state index contributed by atoms with van der Waals surface area (Å²) in [6, 6.07) is 0. The van der Waals surface area contributed by atoms with Crippen LogP contribution in [-0.2, 0) is 9.47 Å². The second-order valence-electron chi connectivity index (χ2n) is 1.75. The van der Waals surface area contributed by atoms with Crippen LogP contribution in [0.4, 0.5) is 0 Å². The molecular weight excluding hydrogens is 134 g/mol. The summed E-state index contributed by atoms with van der Waals surface area (Å²) in [6.45, 7) is 1.89. The van der Waals surface area contributed by atoms with Crippen molar-refractivity contribution in [2.45, 2.75) is 6.10 Å². The van der Waals surface area contributed by atoms with Gasteiger partial charge in [-0.1, -0.05) is 0 Å². The second kappa shape index (κ2) is 6.95. The molecule has 1 rings (SSSR count). The minimum Gasteiger partial charge on any atom is -0.394 e. The van der Waals surface area contributed by atoms with Crippen LogP contribution < -0.4 is 5.73 Å². The maximum Gasteiger partial charge on any atom is 0.104 e. The largest absolute Gasteiger partial charge is 0.394 e. The van der Waals surface area contributed by atoms with Gasteiger partial charge in [-0.3, -0.25) is 0 Å². The first kappa shape index (κ1) is 9.84. The Balaban J connectivity index is 0.000000371. The quantitative estimate of drug-likeness (QED) is 0.500. The van der Waals surface area contributed by atoms with Crippen LogP contribution in [0.3, 0.4) is 0 Å². The van der Waals surface area contributed by atoms with E-state index in [1.807, 2.05) is 0 Å². The first-order valence-corrected chi connectivity index (χ1v) is 3.31. The normalized spacial score (nSPS) is 24.9. The Morgan fingerprint density at radius 1 is 1.50 bits per heavy atom. The minimum absolute atomic E-state index is 0.0694. The lowest BCUT2D eigenvalue weighted by Gasteiger charge is -2.20. The topological polar surface area (TPSA) is 64.7 Å². The third-order valence-corrected chi connectivity index (χ3v) is 1.09. The summed E-state index contributed by atoms with van der Waals surface area (Å²) in [4.78, 5) is 0. The number of ether oxygens (including phenoxy) is 2. The highest BCUT2D eigenvalue weighted by Gasteiger charge is 2.11. The van der Waals surface area contributed by atoms with Gasteiger partial charge in [-0.25, -0.2) is 0 Å². The van der Waals surface area contributed by atoms with Crippen molar-refractivity contribution in [1.29, 1.82) is 0 Å². The van der Waals surface area contributed by atoms with E-state index in [1.54, 1.807) is 0 Å². The van der Waals surface area contributed by atoms with Gasteiger partial charge < -0.3 is 20.3 Å². The fraction of sp³-hybridized carbons (Fsp3) is 1.00. The first-order valence-electron chi connectivity index (χ1n) is 3.31. The highest BCUT2D eigenvalue weighted by Crippen LogP contribution is 1.97. The zero-order chi connectivity index (χ0) is 7.82. The standard InChI is InChI=1S/C5H10O3.CH5N/c6-3-5-4-7-1-2-8-5;1-2/h5-6H,1-4H2;2H2,1H3. The van der Waals surface area contributed by atoms with E-state index in [1.165, 1.54) is 7.05 Å². The molecule has 1 unspecified atom stereocenters. The maximum atomic E-state index is 8.49. The number of nitrogens with two attached hydrogens (primary N) is 1. The van der Waals surface area contributed by atoms with Crippen LogP contribution >= 0.6 is 0 Å². The molecule has 0 radical (unpaired) electrons. The highest BCUT2D eigenvalue weighted by molar-refractivity contribution is 4.56. The monoisotopic (exact) mass is 149 g/mol. The minimum atomic E-state index is -0.0799. The summed E-state index contributed by atoms with van der Waals surface area (Å²) in [6.07, 6.45) is -0.0799. The van der Waals surface area contributed by atoms with Gasteiger partial charge in [0.25, 0.3) is 0 Å². The number of aliphatic hydroxyl groups is 1. The summed E-state index contributed by atoms with van der Waals surface area (Å²) in [5, 5.41) is 8.49. The molecule has 0 aliphatic carbocycles. The molecule has 0 aromatic carbocycles. The predicted molar refractivity (Wildman–Crippen MR) is 37.8 cm³/mol. The molecule has 1 fully saturated rings. The summed E-state index contributed by atoms with van der Waals surface area (Å²) < 4.78 is 10.0. The summed E-state index contributed by atoms with van der Waals surface area (Å²) in [7, 11) is 1.50. The van der Waals surface area contributed by atoms with Gasteiger partial charge in [0.2, 0.25) is 0 Å². The average molecular weight is 149 g/mol. The Morgan fingerprint density at radius 2 is 2.20 bits per heavy atom. The van der Waals surface area contributed by atoms with E-state index in [4.69, 9.17) is 14.6 Å². The van der Waals surface area contributed by atoms with E-state index in [-0.39, 0.29) is 12.7 Å². The van der Waals surface area contributed by atoms with Gasteiger partial charge in [-0.2, -0.15) is 0 Å². The van der Waals surface area contributed by atoms with Gasteiger partial charge in [-0.15, -0.1) is 0 Å². The molecule has 62 valence electrons. The molecule has 1 saturated heterocycles. The zero-order valence-electron chi connectivity index (χ0n) is 6.25. The van der Waals surface area contributed by atoms with E-state index in [0.717, 1.165) is 0 Å². The maximum absolute atomic E-state index is 8.49.